The zero-order valence-corrected chi connectivity index (χ0v) is 24.9. The Labute approximate surface area is 255 Å². The molecule has 0 bridgehead atoms. The fourth-order valence-corrected chi connectivity index (χ4v) is 5.36. The number of rotatable bonds is 9. The van der Waals surface area contributed by atoms with Crippen LogP contribution in [0, 0.1) is 13.8 Å². The van der Waals surface area contributed by atoms with E-state index in [-0.39, 0.29) is 17.3 Å². The molecule has 0 spiro atoms. The van der Waals surface area contributed by atoms with Gasteiger partial charge >= 0.3 is 5.97 Å². The van der Waals surface area contributed by atoms with Crippen molar-refractivity contribution in [2.75, 3.05) is 0 Å². The Bertz CT molecular complexity index is 1810. The highest BCUT2D eigenvalue weighted by atomic mass is 32.2. The van der Waals surface area contributed by atoms with Crippen LogP contribution in [0.4, 0.5) is 0 Å². The molecule has 6 heteroatoms. The maximum atomic E-state index is 13.4. The molecule has 5 aromatic carbocycles. The predicted molar refractivity (Wildman–Crippen MR) is 171 cm³/mol. The number of hydrogen-bond donors (Lipinski definition) is 0. The minimum absolute atomic E-state index is 0.0332. The average molecular weight is 584 g/mol. The van der Waals surface area contributed by atoms with Gasteiger partial charge in [-0.15, -0.1) is 0 Å². The second kappa shape index (κ2) is 13.3. The van der Waals surface area contributed by atoms with E-state index in [0.29, 0.717) is 22.3 Å². The molecule has 0 aromatic heterocycles. The van der Waals surface area contributed by atoms with E-state index < -0.39 is 5.97 Å². The van der Waals surface area contributed by atoms with Crippen LogP contribution in [0.2, 0.25) is 0 Å². The molecule has 0 atom stereocenters. The van der Waals surface area contributed by atoms with Gasteiger partial charge in [0.1, 0.15) is 0 Å². The first-order chi connectivity index (χ1) is 20.8. The molecule has 0 saturated heterocycles. The molecular formula is C37H29NO4S. The van der Waals surface area contributed by atoms with E-state index >= 15 is 0 Å². The van der Waals surface area contributed by atoms with Gasteiger partial charge in [-0.1, -0.05) is 89.2 Å². The lowest BCUT2D eigenvalue weighted by Crippen LogP contribution is -2.18. The topological polar surface area (TPSA) is 72.8 Å². The Kier molecular flexibility index (Phi) is 9.08. The van der Waals surface area contributed by atoms with E-state index in [1.807, 2.05) is 123 Å². The van der Waals surface area contributed by atoms with Gasteiger partial charge < -0.3 is 4.84 Å². The quantitative estimate of drug-likeness (QED) is 0.0753. The number of benzene rings is 5. The summed E-state index contributed by atoms with van der Waals surface area (Å²) >= 11 is 1.52. The van der Waals surface area contributed by atoms with Crippen LogP contribution in [-0.4, -0.2) is 23.2 Å². The van der Waals surface area contributed by atoms with Crippen molar-refractivity contribution in [2.45, 2.75) is 30.6 Å². The molecule has 0 unspecified atom stereocenters. The van der Waals surface area contributed by atoms with E-state index in [9.17, 15) is 14.4 Å². The van der Waals surface area contributed by atoms with Gasteiger partial charge in [0.05, 0.1) is 0 Å². The highest BCUT2D eigenvalue weighted by Crippen LogP contribution is 2.29. The number of carbonyl (C=O) groups excluding carboxylic acids is 3. The van der Waals surface area contributed by atoms with Crippen LogP contribution in [0.15, 0.2) is 136 Å². The van der Waals surface area contributed by atoms with E-state index in [1.165, 1.54) is 18.7 Å². The van der Waals surface area contributed by atoms with Crippen molar-refractivity contribution in [3.05, 3.63) is 155 Å². The van der Waals surface area contributed by atoms with Crippen molar-refractivity contribution in [3.8, 4) is 11.1 Å². The van der Waals surface area contributed by atoms with E-state index in [1.54, 1.807) is 12.1 Å². The lowest BCUT2D eigenvalue weighted by molar-refractivity contribution is -0.140. The molecule has 0 aliphatic heterocycles. The first kappa shape index (κ1) is 29.4. The lowest BCUT2D eigenvalue weighted by Gasteiger charge is -2.10. The minimum Gasteiger partial charge on any atom is -0.318 e. The van der Waals surface area contributed by atoms with Crippen molar-refractivity contribution in [2.24, 2.45) is 5.16 Å². The molecule has 5 rings (SSSR count). The Balaban J connectivity index is 1.27. The third-order valence-corrected chi connectivity index (χ3v) is 7.87. The molecule has 0 saturated carbocycles. The second-order valence-electron chi connectivity index (χ2n) is 10.1. The van der Waals surface area contributed by atoms with Gasteiger partial charge in [-0.05, 0) is 85.1 Å². The summed E-state index contributed by atoms with van der Waals surface area (Å²) in [7, 11) is 0. The van der Waals surface area contributed by atoms with Crippen LogP contribution in [0.25, 0.3) is 11.1 Å². The zero-order chi connectivity index (χ0) is 30.3. The van der Waals surface area contributed by atoms with E-state index in [4.69, 9.17) is 4.84 Å². The summed E-state index contributed by atoms with van der Waals surface area (Å²) in [5, 5.41) is 3.91. The highest BCUT2D eigenvalue weighted by Gasteiger charge is 2.20. The van der Waals surface area contributed by atoms with Crippen molar-refractivity contribution in [3.63, 3.8) is 0 Å². The van der Waals surface area contributed by atoms with Crippen molar-refractivity contribution < 1.29 is 19.2 Å². The molecule has 212 valence electrons. The van der Waals surface area contributed by atoms with Crippen LogP contribution >= 0.6 is 11.8 Å². The van der Waals surface area contributed by atoms with Gasteiger partial charge in [0.2, 0.25) is 5.78 Å². The maximum Gasteiger partial charge on any atom is 0.332 e. The first-order valence-electron chi connectivity index (χ1n) is 13.7. The molecule has 5 aromatic rings. The first-order valence-corrected chi connectivity index (χ1v) is 14.6. The average Bonchev–Trinajstić information content (AvgIpc) is 3.03. The van der Waals surface area contributed by atoms with Gasteiger partial charge in [-0.25, -0.2) is 4.79 Å². The Morgan fingerprint density at radius 1 is 0.628 bits per heavy atom. The number of ketones is 2. The maximum absolute atomic E-state index is 13.4. The summed E-state index contributed by atoms with van der Waals surface area (Å²) in [4.78, 5) is 44.7. The summed E-state index contributed by atoms with van der Waals surface area (Å²) in [6, 6.07) is 38.1. The monoisotopic (exact) mass is 583 g/mol. The third kappa shape index (κ3) is 7.23. The zero-order valence-electron chi connectivity index (χ0n) is 24.0. The van der Waals surface area contributed by atoms with Gasteiger partial charge in [-0.2, -0.15) is 0 Å². The SMILES string of the molecule is CC(=O)O/N=C(\C(=O)c1ccc(Sc2ccc(C(=O)c3ccc(-c4ccccc4)cc3)cc2)cc1)c1cc(C)ccc1C. The van der Waals surface area contributed by atoms with Crippen LogP contribution in [-0.2, 0) is 9.63 Å². The van der Waals surface area contributed by atoms with Gasteiger partial charge in [0.25, 0.3) is 0 Å². The summed E-state index contributed by atoms with van der Waals surface area (Å²) in [5.74, 6) is -0.976. The number of hydrogen-bond acceptors (Lipinski definition) is 6. The molecule has 0 aliphatic rings. The largest absolute Gasteiger partial charge is 0.332 e. The fraction of sp³-hybridized carbons (Fsp3) is 0.0811. The lowest BCUT2D eigenvalue weighted by atomic mass is 9.96. The molecular weight excluding hydrogens is 554 g/mol. The molecule has 0 amide bonds. The van der Waals surface area contributed by atoms with Gasteiger partial charge in [0, 0.05) is 39.0 Å². The van der Waals surface area contributed by atoms with Crippen molar-refractivity contribution >= 4 is 35.0 Å². The molecule has 43 heavy (non-hydrogen) atoms. The normalized spacial score (nSPS) is 11.2. The summed E-state index contributed by atoms with van der Waals surface area (Å²) in [6.45, 7) is 5.05. The van der Waals surface area contributed by atoms with E-state index in [0.717, 1.165) is 32.0 Å². The van der Waals surface area contributed by atoms with Gasteiger partial charge in [0.15, 0.2) is 11.5 Å². The smallest absolute Gasteiger partial charge is 0.318 e. The van der Waals surface area contributed by atoms with Crippen LogP contribution < -0.4 is 0 Å². The van der Waals surface area contributed by atoms with Crippen LogP contribution in [0.1, 0.15) is 49.9 Å². The van der Waals surface area contributed by atoms with Crippen molar-refractivity contribution in [1.82, 2.24) is 0 Å². The van der Waals surface area contributed by atoms with Gasteiger partial charge in [-0.3, -0.25) is 9.59 Å². The number of oxime groups is 1. The number of nitrogens with zero attached hydrogens (tertiary/aromatic N) is 1. The molecule has 0 radical (unpaired) electrons. The minimum atomic E-state index is -0.601. The second-order valence-corrected chi connectivity index (χ2v) is 11.2. The number of Topliss-reactive ketones (excluding diaryl/α,β-unsaturated/α-hetero) is 1. The number of carbonyl (C=O) groups is 3. The van der Waals surface area contributed by atoms with Crippen LogP contribution in [0.3, 0.4) is 0 Å². The molecule has 0 N–H and O–H groups in total. The Morgan fingerprint density at radius 3 is 1.74 bits per heavy atom. The molecule has 5 nitrogen and oxygen atoms in total. The predicted octanol–water partition coefficient (Wildman–Crippen LogP) is 8.50. The Hall–Kier alpha value is -5.07. The Morgan fingerprint density at radius 2 is 1.16 bits per heavy atom. The standard InChI is InChI=1S/C37H29NO4S/c1-24-9-10-25(2)34(23-24)35(38-42-26(3)39)37(41)31-17-21-33(22-18-31)43-32-19-15-30(16-20-32)36(40)29-13-11-28(12-14-29)27-7-5-4-6-8-27/h4-23H,1-3H3/b38-35-. The van der Waals surface area contributed by atoms with Crippen molar-refractivity contribution in [1.29, 1.82) is 0 Å². The van der Waals surface area contributed by atoms with E-state index in [2.05, 4.69) is 5.16 Å². The fourth-order valence-electron chi connectivity index (χ4n) is 4.55. The third-order valence-electron chi connectivity index (χ3n) is 6.85. The summed E-state index contributed by atoms with van der Waals surface area (Å²) in [5.41, 5.74) is 6.36. The molecule has 0 heterocycles. The van der Waals surface area contributed by atoms with Crippen LogP contribution in [0.5, 0.6) is 0 Å². The summed E-state index contributed by atoms with van der Waals surface area (Å²) < 4.78 is 0. The molecule has 0 aliphatic carbocycles. The highest BCUT2D eigenvalue weighted by molar-refractivity contribution is 7.99. The summed E-state index contributed by atoms with van der Waals surface area (Å²) in [6.07, 6.45) is 0. The molecule has 0 fully saturated rings. The number of aryl methyl sites for hydroxylation is 2.